The van der Waals surface area contributed by atoms with E-state index in [1.54, 1.807) is 12.1 Å². The molecule has 4 atom stereocenters. The van der Waals surface area contributed by atoms with Crippen LogP contribution in [0.15, 0.2) is 48.5 Å². The molecule has 0 saturated carbocycles. The minimum Gasteiger partial charge on any atom is -0.508 e. The van der Waals surface area contributed by atoms with Crippen LogP contribution in [0.2, 0.25) is 0 Å². The maximum absolute atomic E-state index is 13.6. The molecule has 0 spiro atoms. The highest BCUT2D eigenvalue weighted by molar-refractivity contribution is 7.98. The van der Waals surface area contributed by atoms with Crippen LogP contribution in [0.5, 0.6) is 5.75 Å². The molecule has 0 unspecified atom stereocenters. The third kappa shape index (κ3) is 3.45. The number of benzene rings is 2. The largest absolute Gasteiger partial charge is 0.508 e. The lowest BCUT2D eigenvalue weighted by Crippen LogP contribution is -2.56. The topological polar surface area (TPSA) is 95.9 Å². The van der Waals surface area contributed by atoms with Crippen LogP contribution in [0.4, 0.5) is 10.1 Å². The fourth-order valence-electron chi connectivity index (χ4n) is 4.78. The van der Waals surface area contributed by atoms with Crippen molar-refractivity contribution in [2.45, 2.75) is 18.0 Å². The third-order valence-corrected chi connectivity index (χ3v) is 6.85. The predicted molar refractivity (Wildman–Crippen MR) is 118 cm³/mol. The van der Waals surface area contributed by atoms with Crippen LogP contribution in [0.25, 0.3) is 0 Å². The van der Waals surface area contributed by atoms with Gasteiger partial charge in [-0.05, 0) is 60.4 Å². The van der Waals surface area contributed by atoms with Crippen molar-refractivity contribution < 1.29 is 28.6 Å². The molecule has 7 nitrogen and oxygen atoms in total. The molecule has 2 aliphatic rings. The zero-order valence-electron chi connectivity index (χ0n) is 17.6. The summed E-state index contributed by atoms with van der Waals surface area (Å²) in [6.45, 7) is 0. The van der Waals surface area contributed by atoms with Crippen LogP contribution in [-0.4, -0.2) is 47.5 Å². The molecule has 2 aromatic rings. The summed E-state index contributed by atoms with van der Waals surface area (Å²) in [5, 5.41) is 13.0. The maximum Gasteiger partial charge on any atom is 0.326 e. The minimum atomic E-state index is -1.40. The maximum atomic E-state index is 13.6. The number of nitrogens with one attached hydrogen (secondary N) is 1. The van der Waals surface area contributed by atoms with Crippen LogP contribution in [0.3, 0.4) is 0 Å². The second kappa shape index (κ2) is 8.55. The zero-order valence-corrected chi connectivity index (χ0v) is 18.4. The Labute approximate surface area is 188 Å². The first-order valence-corrected chi connectivity index (χ1v) is 11.5. The van der Waals surface area contributed by atoms with Gasteiger partial charge < -0.3 is 9.84 Å². The van der Waals surface area contributed by atoms with Crippen LogP contribution in [0, 0.1) is 17.7 Å². The number of phenols is 1. The van der Waals surface area contributed by atoms with Crippen molar-refractivity contribution in [1.82, 2.24) is 5.32 Å². The van der Waals surface area contributed by atoms with Gasteiger partial charge in [-0.3, -0.25) is 19.7 Å². The Morgan fingerprint density at radius 2 is 1.81 bits per heavy atom. The molecule has 168 valence electrons. The van der Waals surface area contributed by atoms with Crippen LogP contribution >= 0.6 is 11.8 Å². The fraction of sp³-hybridized carbons (Fsp3) is 0.348. The standard InChI is InChI=1S/C23H23FN2O5S/c1-31-22(30)23(11-12-32-2)18-17(19(25-23)13-3-9-16(27)10-4-13)20(28)26(21(18)29)15-7-5-14(24)6-8-15/h3-10,17-19,25,27H,11-12H2,1-2H3/t17-,18+,19-,23-/m0/s1. The number of methoxy groups -OCH3 is 1. The molecule has 0 aromatic heterocycles. The monoisotopic (exact) mass is 458 g/mol. The lowest BCUT2D eigenvalue weighted by molar-refractivity contribution is -0.152. The normalized spacial score (nSPS) is 27.0. The number of hydrogen-bond donors (Lipinski definition) is 2. The number of rotatable bonds is 6. The molecule has 2 aromatic carbocycles. The summed E-state index contributed by atoms with van der Waals surface area (Å²) in [4.78, 5) is 41.3. The van der Waals surface area contributed by atoms with E-state index in [1.807, 2.05) is 6.26 Å². The first kappa shape index (κ1) is 22.3. The number of thioether (sulfide) groups is 1. The number of fused-ring (bicyclic) bond motifs is 1. The summed E-state index contributed by atoms with van der Waals surface area (Å²) >= 11 is 1.52. The highest BCUT2D eigenvalue weighted by atomic mass is 32.2. The van der Waals surface area contributed by atoms with Gasteiger partial charge in [-0.15, -0.1) is 0 Å². The van der Waals surface area contributed by atoms with Gasteiger partial charge in [0.1, 0.15) is 17.1 Å². The van der Waals surface area contributed by atoms with E-state index in [1.165, 1.54) is 55.3 Å². The number of anilines is 1. The number of esters is 1. The smallest absolute Gasteiger partial charge is 0.326 e. The Bertz CT molecular complexity index is 1050. The highest BCUT2D eigenvalue weighted by Crippen LogP contribution is 2.51. The summed E-state index contributed by atoms with van der Waals surface area (Å²) in [5.41, 5.74) is -0.481. The van der Waals surface area contributed by atoms with E-state index < -0.39 is 47.0 Å². The molecular weight excluding hydrogens is 435 g/mol. The molecule has 4 rings (SSSR count). The number of nitrogens with zero attached hydrogens (tertiary/aromatic N) is 1. The van der Waals surface area contributed by atoms with Crippen molar-refractivity contribution >= 4 is 35.2 Å². The number of imide groups is 1. The molecule has 0 aliphatic carbocycles. The van der Waals surface area contributed by atoms with Gasteiger partial charge in [-0.1, -0.05) is 12.1 Å². The van der Waals surface area contributed by atoms with Crippen LogP contribution in [0.1, 0.15) is 18.0 Å². The average molecular weight is 459 g/mol. The quantitative estimate of drug-likeness (QED) is 0.508. The second-order valence-electron chi connectivity index (χ2n) is 7.91. The Kier molecular flexibility index (Phi) is 5.96. The van der Waals surface area contributed by atoms with Gasteiger partial charge in [0.25, 0.3) is 0 Å². The Hall–Kier alpha value is -2.91. The molecule has 2 aliphatic heterocycles. The molecule has 0 bridgehead atoms. The third-order valence-electron chi connectivity index (χ3n) is 6.24. The number of carbonyl (C=O) groups excluding carboxylic acids is 3. The van der Waals surface area contributed by atoms with E-state index in [0.717, 1.165) is 4.90 Å². The van der Waals surface area contributed by atoms with E-state index in [-0.39, 0.29) is 17.9 Å². The van der Waals surface area contributed by atoms with E-state index in [2.05, 4.69) is 5.32 Å². The summed E-state index contributed by atoms with van der Waals surface area (Å²) < 4.78 is 18.6. The van der Waals surface area contributed by atoms with E-state index in [4.69, 9.17) is 4.74 Å². The zero-order chi connectivity index (χ0) is 23.0. The van der Waals surface area contributed by atoms with Gasteiger partial charge in [-0.25, -0.2) is 9.29 Å². The molecular formula is C23H23FN2O5S. The van der Waals surface area contributed by atoms with E-state index >= 15 is 0 Å². The highest BCUT2D eigenvalue weighted by Gasteiger charge is 2.68. The molecule has 2 saturated heterocycles. The Balaban J connectivity index is 1.85. The van der Waals surface area contributed by atoms with Crippen molar-refractivity contribution in [3.63, 3.8) is 0 Å². The van der Waals surface area contributed by atoms with Crippen molar-refractivity contribution in [3.8, 4) is 5.75 Å². The van der Waals surface area contributed by atoms with Crippen molar-refractivity contribution in [1.29, 1.82) is 0 Å². The number of carbonyl (C=O) groups is 3. The summed E-state index contributed by atoms with van der Waals surface area (Å²) in [7, 11) is 1.26. The first-order valence-electron chi connectivity index (χ1n) is 10.1. The summed E-state index contributed by atoms with van der Waals surface area (Å²) in [6.07, 6.45) is 2.17. The SMILES string of the molecule is COC(=O)[C@@]1(CCSC)N[C@@H](c2ccc(O)cc2)[C@H]2C(=O)N(c3ccc(F)cc3)C(=O)[C@@H]21. The minimum absolute atomic E-state index is 0.0617. The Morgan fingerprint density at radius 1 is 1.16 bits per heavy atom. The lowest BCUT2D eigenvalue weighted by Gasteiger charge is -2.32. The predicted octanol–water partition coefficient (Wildman–Crippen LogP) is 2.65. The van der Waals surface area contributed by atoms with Crippen molar-refractivity contribution in [2.24, 2.45) is 11.8 Å². The van der Waals surface area contributed by atoms with Gasteiger partial charge in [0.2, 0.25) is 11.8 Å². The number of hydrogen-bond acceptors (Lipinski definition) is 7. The number of amides is 2. The number of phenolic OH excluding ortho intramolecular Hbond substituents is 1. The summed E-state index contributed by atoms with van der Waals surface area (Å²) in [6, 6.07) is 10.8. The molecule has 32 heavy (non-hydrogen) atoms. The van der Waals surface area contributed by atoms with Crippen molar-refractivity contribution in [2.75, 3.05) is 24.0 Å². The first-order chi connectivity index (χ1) is 15.3. The molecule has 2 amide bonds. The van der Waals surface area contributed by atoms with Crippen LogP contribution < -0.4 is 10.2 Å². The second-order valence-corrected chi connectivity index (χ2v) is 8.90. The molecule has 9 heteroatoms. The van der Waals surface area contributed by atoms with Gasteiger partial charge in [-0.2, -0.15) is 11.8 Å². The molecule has 2 fully saturated rings. The van der Waals surface area contributed by atoms with Gasteiger partial charge in [0, 0.05) is 6.04 Å². The van der Waals surface area contributed by atoms with E-state index in [9.17, 15) is 23.9 Å². The molecule has 0 radical (unpaired) electrons. The average Bonchev–Trinajstić information content (AvgIpc) is 3.27. The van der Waals surface area contributed by atoms with Gasteiger partial charge in [0.15, 0.2) is 0 Å². The van der Waals surface area contributed by atoms with Crippen molar-refractivity contribution in [3.05, 3.63) is 59.9 Å². The molecule has 2 heterocycles. The lowest BCUT2D eigenvalue weighted by atomic mass is 9.78. The fourth-order valence-corrected chi connectivity index (χ4v) is 5.31. The number of ether oxygens (including phenoxy) is 1. The molecule has 2 N–H and O–H groups in total. The number of aromatic hydroxyl groups is 1. The Morgan fingerprint density at radius 3 is 2.41 bits per heavy atom. The van der Waals surface area contributed by atoms with Crippen LogP contribution in [-0.2, 0) is 19.1 Å². The number of halogens is 1. The summed E-state index contributed by atoms with van der Waals surface area (Å²) in [5.74, 6) is -3.31. The van der Waals surface area contributed by atoms with E-state index in [0.29, 0.717) is 11.3 Å². The van der Waals surface area contributed by atoms with Gasteiger partial charge >= 0.3 is 5.97 Å². The van der Waals surface area contributed by atoms with Gasteiger partial charge in [0.05, 0.1) is 24.6 Å².